The first-order chi connectivity index (χ1) is 7.68. The highest BCUT2D eigenvalue weighted by molar-refractivity contribution is 6.30. The molecule has 0 radical (unpaired) electrons. The number of hydrogen-bond donors (Lipinski definition) is 1. The number of rotatable bonds is 2. The van der Waals surface area contributed by atoms with Crippen LogP contribution in [0.1, 0.15) is 24.4 Å². The van der Waals surface area contributed by atoms with Crippen LogP contribution in [0.25, 0.3) is 0 Å². The minimum absolute atomic E-state index is 0.0815. The molecule has 88 valence electrons. The summed E-state index contributed by atoms with van der Waals surface area (Å²) in [5.41, 5.74) is 7.05. The lowest BCUT2D eigenvalue weighted by Gasteiger charge is -2.27. The smallest absolute Gasteiger partial charge is 0.141 e. The largest absolute Gasteiger partial charge is 0.381 e. The Kier molecular flexibility index (Phi) is 3.79. The Bertz CT molecular complexity index is 366. The van der Waals surface area contributed by atoms with Crippen molar-refractivity contribution in [2.45, 2.75) is 18.9 Å². The third-order valence-electron chi connectivity index (χ3n) is 3.10. The van der Waals surface area contributed by atoms with Gasteiger partial charge in [-0.05, 0) is 36.5 Å². The standard InChI is InChI=1S/C12H15ClFNO/c13-10-7-9(1-2-11(10)14)12(15)8-3-5-16-6-4-8/h1-2,7-8,12H,3-6,15H2/t12-/m1/s1. The van der Waals surface area contributed by atoms with Gasteiger partial charge in [-0.1, -0.05) is 17.7 Å². The van der Waals surface area contributed by atoms with Gasteiger partial charge in [-0.25, -0.2) is 4.39 Å². The second kappa shape index (κ2) is 5.13. The van der Waals surface area contributed by atoms with Gasteiger partial charge < -0.3 is 10.5 Å². The number of hydrogen-bond acceptors (Lipinski definition) is 2. The van der Waals surface area contributed by atoms with Gasteiger partial charge in [0.2, 0.25) is 0 Å². The van der Waals surface area contributed by atoms with Crippen LogP contribution in [0, 0.1) is 11.7 Å². The minimum atomic E-state index is -0.399. The predicted octanol–water partition coefficient (Wildman–Crippen LogP) is 2.91. The second-order valence-corrected chi connectivity index (χ2v) is 4.56. The zero-order valence-corrected chi connectivity index (χ0v) is 9.71. The van der Waals surface area contributed by atoms with Gasteiger partial charge in [0.1, 0.15) is 5.82 Å². The summed E-state index contributed by atoms with van der Waals surface area (Å²) in [6.45, 7) is 1.51. The van der Waals surface area contributed by atoms with Crippen LogP contribution >= 0.6 is 11.6 Å². The van der Waals surface area contributed by atoms with Crippen LogP contribution in [0.3, 0.4) is 0 Å². The van der Waals surface area contributed by atoms with Crippen molar-refractivity contribution < 1.29 is 9.13 Å². The molecule has 0 saturated carbocycles. The number of halogens is 2. The zero-order chi connectivity index (χ0) is 11.5. The molecule has 2 nitrogen and oxygen atoms in total. The summed E-state index contributed by atoms with van der Waals surface area (Å²) in [5.74, 6) is -0.000118. The highest BCUT2D eigenvalue weighted by Gasteiger charge is 2.22. The Morgan fingerprint density at radius 1 is 1.38 bits per heavy atom. The van der Waals surface area contributed by atoms with E-state index in [0.717, 1.165) is 31.6 Å². The quantitative estimate of drug-likeness (QED) is 0.867. The Hall–Kier alpha value is -0.640. The van der Waals surface area contributed by atoms with Crippen molar-refractivity contribution in [2.75, 3.05) is 13.2 Å². The molecule has 16 heavy (non-hydrogen) atoms. The van der Waals surface area contributed by atoms with Crippen LogP contribution in [0.5, 0.6) is 0 Å². The van der Waals surface area contributed by atoms with Gasteiger partial charge in [-0.3, -0.25) is 0 Å². The molecule has 0 spiro atoms. The lowest BCUT2D eigenvalue weighted by Crippen LogP contribution is -2.27. The molecule has 1 aromatic carbocycles. The molecule has 4 heteroatoms. The van der Waals surface area contributed by atoms with E-state index in [1.54, 1.807) is 12.1 Å². The molecule has 1 heterocycles. The van der Waals surface area contributed by atoms with Gasteiger partial charge in [-0.2, -0.15) is 0 Å². The highest BCUT2D eigenvalue weighted by atomic mass is 35.5. The van der Waals surface area contributed by atoms with Crippen molar-refractivity contribution >= 4 is 11.6 Å². The molecule has 0 bridgehead atoms. The fraction of sp³-hybridized carbons (Fsp3) is 0.500. The number of ether oxygens (including phenoxy) is 1. The van der Waals surface area contributed by atoms with Gasteiger partial charge in [0.15, 0.2) is 0 Å². The van der Waals surface area contributed by atoms with Crippen LogP contribution in [0.15, 0.2) is 18.2 Å². The summed E-state index contributed by atoms with van der Waals surface area (Å²) in [4.78, 5) is 0. The first kappa shape index (κ1) is 11.8. The molecule has 0 aliphatic carbocycles. The molecule has 0 unspecified atom stereocenters. The average molecular weight is 244 g/mol. The van der Waals surface area contributed by atoms with E-state index in [1.165, 1.54) is 6.07 Å². The van der Waals surface area contributed by atoms with E-state index in [4.69, 9.17) is 22.1 Å². The van der Waals surface area contributed by atoms with Crippen LogP contribution in [-0.2, 0) is 4.74 Å². The maximum Gasteiger partial charge on any atom is 0.141 e. The fourth-order valence-corrected chi connectivity index (χ4v) is 2.26. The minimum Gasteiger partial charge on any atom is -0.381 e. The normalized spacial score (nSPS) is 19.7. The van der Waals surface area contributed by atoms with Crippen LogP contribution < -0.4 is 5.73 Å². The predicted molar refractivity (Wildman–Crippen MR) is 61.9 cm³/mol. The molecule has 2 N–H and O–H groups in total. The summed E-state index contributed by atoms with van der Waals surface area (Å²) in [6.07, 6.45) is 1.91. The number of benzene rings is 1. The first-order valence-electron chi connectivity index (χ1n) is 5.47. The molecule has 2 rings (SSSR count). The second-order valence-electron chi connectivity index (χ2n) is 4.15. The summed E-state index contributed by atoms with van der Waals surface area (Å²) >= 11 is 5.74. The van der Waals surface area contributed by atoms with Crippen molar-refractivity contribution in [2.24, 2.45) is 11.7 Å². The summed E-state index contributed by atoms with van der Waals surface area (Å²) < 4.78 is 18.3. The van der Waals surface area contributed by atoms with E-state index in [2.05, 4.69) is 0 Å². The van der Waals surface area contributed by atoms with Crippen molar-refractivity contribution in [1.29, 1.82) is 0 Å². The molecule has 1 atom stereocenters. The van der Waals surface area contributed by atoms with Crippen molar-refractivity contribution in [3.05, 3.63) is 34.6 Å². The van der Waals surface area contributed by atoms with E-state index >= 15 is 0 Å². The van der Waals surface area contributed by atoms with Crippen molar-refractivity contribution in [3.63, 3.8) is 0 Å². The van der Waals surface area contributed by atoms with Crippen molar-refractivity contribution in [3.8, 4) is 0 Å². The summed E-state index contributed by atoms with van der Waals surface area (Å²) in [7, 11) is 0. The van der Waals surface area contributed by atoms with Crippen LogP contribution in [0.2, 0.25) is 5.02 Å². The van der Waals surface area contributed by atoms with Crippen molar-refractivity contribution in [1.82, 2.24) is 0 Å². The van der Waals surface area contributed by atoms with Gasteiger partial charge in [0.05, 0.1) is 5.02 Å². The third-order valence-corrected chi connectivity index (χ3v) is 3.39. The molecule has 1 saturated heterocycles. The lowest BCUT2D eigenvalue weighted by atomic mass is 9.88. The molecule has 1 aliphatic rings. The summed E-state index contributed by atoms with van der Waals surface area (Å²) in [6, 6.07) is 4.62. The third kappa shape index (κ3) is 2.54. The van der Waals surface area contributed by atoms with E-state index in [-0.39, 0.29) is 11.1 Å². The topological polar surface area (TPSA) is 35.2 Å². The maximum absolute atomic E-state index is 13.0. The SMILES string of the molecule is N[C@@H](c1ccc(F)c(Cl)c1)C1CCOCC1. The Labute approximate surface area is 99.5 Å². The van der Waals surface area contributed by atoms with E-state index in [9.17, 15) is 4.39 Å². The van der Waals surface area contributed by atoms with Crippen LogP contribution in [0.4, 0.5) is 4.39 Å². The molecular weight excluding hydrogens is 229 g/mol. The molecule has 1 aliphatic heterocycles. The monoisotopic (exact) mass is 243 g/mol. The molecule has 0 amide bonds. The first-order valence-corrected chi connectivity index (χ1v) is 5.84. The molecule has 1 fully saturated rings. The average Bonchev–Trinajstić information content (AvgIpc) is 2.33. The van der Waals surface area contributed by atoms with Gasteiger partial charge in [0, 0.05) is 19.3 Å². The maximum atomic E-state index is 13.0. The zero-order valence-electron chi connectivity index (χ0n) is 8.96. The molecular formula is C12H15ClFNO. The van der Waals surface area contributed by atoms with Gasteiger partial charge in [-0.15, -0.1) is 0 Å². The van der Waals surface area contributed by atoms with Gasteiger partial charge in [0.25, 0.3) is 0 Å². The Balaban J connectivity index is 2.12. The van der Waals surface area contributed by atoms with Crippen LogP contribution in [-0.4, -0.2) is 13.2 Å². The molecule has 1 aromatic rings. The Morgan fingerprint density at radius 2 is 2.06 bits per heavy atom. The molecule has 0 aromatic heterocycles. The summed E-state index contributed by atoms with van der Waals surface area (Å²) in [5, 5.41) is 0.139. The van der Waals surface area contributed by atoms with E-state index in [1.807, 2.05) is 0 Å². The van der Waals surface area contributed by atoms with E-state index in [0.29, 0.717) is 5.92 Å². The lowest BCUT2D eigenvalue weighted by molar-refractivity contribution is 0.0584. The number of nitrogens with two attached hydrogens (primary N) is 1. The Morgan fingerprint density at radius 3 is 2.69 bits per heavy atom. The fourth-order valence-electron chi connectivity index (χ4n) is 2.07. The highest BCUT2D eigenvalue weighted by Crippen LogP contribution is 2.29. The van der Waals surface area contributed by atoms with Gasteiger partial charge >= 0.3 is 0 Å². The van der Waals surface area contributed by atoms with E-state index < -0.39 is 5.82 Å².